The lowest BCUT2D eigenvalue weighted by atomic mass is 10.2. The van der Waals surface area contributed by atoms with Crippen molar-refractivity contribution < 1.29 is 9.66 Å². The second-order valence-electron chi connectivity index (χ2n) is 3.33. The van der Waals surface area contributed by atoms with E-state index in [-0.39, 0.29) is 12.3 Å². The van der Waals surface area contributed by atoms with Crippen LogP contribution in [0.1, 0.15) is 5.56 Å². The number of nitro groups is 1. The van der Waals surface area contributed by atoms with Crippen molar-refractivity contribution in [1.29, 1.82) is 0 Å². The molecular formula is C11H12ClNO3. The molecule has 0 aliphatic rings. The Hall–Kier alpha value is -1.55. The third kappa shape index (κ3) is 2.97. The summed E-state index contributed by atoms with van der Waals surface area (Å²) >= 11 is 5.55. The number of hydrogen-bond acceptors (Lipinski definition) is 3. The number of alkyl halides is 1. The van der Waals surface area contributed by atoms with Crippen molar-refractivity contribution in [2.75, 3.05) is 12.5 Å². The third-order valence-electron chi connectivity index (χ3n) is 2.07. The topological polar surface area (TPSA) is 52.4 Å². The molecule has 0 fully saturated rings. The molecule has 0 atom stereocenters. The summed E-state index contributed by atoms with van der Waals surface area (Å²) in [7, 11) is 0. The Morgan fingerprint density at radius 1 is 1.62 bits per heavy atom. The van der Waals surface area contributed by atoms with Gasteiger partial charge in [-0.1, -0.05) is 12.6 Å². The van der Waals surface area contributed by atoms with E-state index in [4.69, 9.17) is 16.3 Å². The number of ether oxygens (including phenoxy) is 1. The van der Waals surface area contributed by atoms with Crippen molar-refractivity contribution in [3.63, 3.8) is 0 Å². The Labute approximate surface area is 98.6 Å². The highest BCUT2D eigenvalue weighted by Crippen LogP contribution is 2.27. The van der Waals surface area contributed by atoms with Crippen LogP contribution in [-0.4, -0.2) is 17.4 Å². The van der Waals surface area contributed by atoms with Crippen LogP contribution < -0.4 is 4.74 Å². The lowest BCUT2D eigenvalue weighted by Gasteiger charge is -2.09. The number of benzene rings is 1. The molecule has 1 rings (SSSR count). The van der Waals surface area contributed by atoms with E-state index in [0.717, 1.165) is 5.57 Å². The number of nitro benzene ring substituents is 1. The molecule has 0 heterocycles. The SMILES string of the molecule is C=C(CCl)COc1cccc([N+](=O)[O-])c1C. The van der Waals surface area contributed by atoms with Gasteiger partial charge in [0, 0.05) is 11.9 Å². The van der Waals surface area contributed by atoms with Crippen molar-refractivity contribution >= 4 is 17.3 Å². The van der Waals surface area contributed by atoms with Gasteiger partial charge < -0.3 is 4.74 Å². The van der Waals surface area contributed by atoms with Gasteiger partial charge in [0.2, 0.25) is 0 Å². The molecule has 0 radical (unpaired) electrons. The molecule has 0 amide bonds. The van der Waals surface area contributed by atoms with Gasteiger partial charge in [-0.05, 0) is 18.6 Å². The molecule has 4 nitrogen and oxygen atoms in total. The van der Waals surface area contributed by atoms with E-state index in [2.05, 4.69) is 6.58 Å². The average molecular weight is 242 g/mol. The van der Waals surface area contributed by atoms with Gasteiger partial charge in [0.1, 0.15) is 12.4 Å². The van der Waals surface area contributed by atoms with E-state index in [9.17, 15) is 10.1 Å². The third-order valence-corrected chi connectivity index (χ3v) is 2.45. The molecular weight excluding hydrogens is 230 g/mol. The van der Waals surface area contributed by atoms with Crippen molar-refractivity contribution in [2.45, 2.75) is 6.92 Å². The fourth-order valence-corrected chi connectivity index (χ4v) is 1.25. The zero-order chi connectivity index (χ0) is 12.1. The number of hydrogen-bond donors (Lipinski definition) is 0. The largest absolute Gasteiger partial charge is 0.489 e. The van der Waals surface area contributed by atoms with Crippen LogP contribution in [0.15, 0.2) is 30.4 Å². The number of rotatable bonds is 5. The molecule has 0 bridgehead atoms. The first kappa shape index (κ1) is 12.5. The quantitative estimate of drug-likeness (QED) is 0.345. The molecule has 0 N–H and O–H groups in total. The first-order valence-corrected chi connectivity index (χ1v) is 5.19. The molecule has 0 saturated heterocycles. The van der Waals surface area contributed by atoms with Gasteiger partial charge in [0.05, 0.1) is 10.5 Å². The molecule has 0 aliphatic carbocycles. The summed E-state index contributed by atoms with van der Waals surface area (Å²) in [5, 5.41) is 10.7. The van der Waals surface area contributed by atoms with E-state index in [0.29, 0.717) is 17.2 Å². The standard InChI is InChI=1S/C11H12ClNO3/c1-8(6-12)7-16-11-5-3-4-10(9(11)2)13(14)15/h3-5H,1,6-7H2,2H3. The minimum atomic E-state index is -0.432. The van der Waals surface area contributed by atoms with Gasteiger partial charge in [0.15, 0.2) is 0 Å². The van der Waals surface area contributed by atoms with Gasteiger partial charge in [-0.25, -0.2) is 0 Å². The van der Waals surface area contributed by atoms with Crippen LogP contribution in [0.4, 0.5) is 5.69 Å². The maximum absolute atomic E-state index is 10.7. The molecule has 0 spiro atoms. The summed E-state index contributed by atoms with van der Waals surface area (Å²) in [5.41, 5.74) is 1.29. The van der Waals surface area contributed by atoms with Crippen LogP contribution in [0.2, 0.25) is 0 Å². The summed E-state index contributed by atoms with van der Waals surface area (Å²) in [4.78, 5) is 10.2. The van der Waals surface area contributed by atoms with E-state index in [1.807, 2.05) is 0 Å². The van der Waals surface area contributed by atoms with Crippen LogP contribution in [0.5, 0.6) is 5.75 Å². The molecule has 0 aliphatic heterocycles. The normalized spacial score (nSPS) is 9.88. The Kier molecular flexibility index (Phi) is 4.31. The van der Waals surface area contributed by atoms with Crippen LogP contribution in [0, 0.1) is 17.0 Å². The Bertz CT molecular complexity index is 418. The van der Waals surface area contributed by atoms with E-state index >= 15 is 0 Å². The zero-order valence-corrected chi connectivity index (χ0v) is 9.66. The maximum Gasteiger partial charge on any atom is 0.276 e. The maximum atomic E-state index is 10.7. The predicted octanol–water partition coefficient (Wildman–Crippen LogP) is 3.08. The minimum Gasteiger partial charge on any atom is -0.489 e. The van der Waals surface area contributed by atoms with Gasteiger partial charge in [-0.15, -0.1) is 11.6 Å². The summed E-state index contributed by atoms with van der Waals surface area (Å²) in [6.45, 7) is 5.60. The summed E-state index contributed by atoms with van der Waals surface area (Å²) in [6, 6.07) is 4.71. The summed E-state index contributed by atoms with van der Waals surface area (Å²) < 4.78 is 5.39. The van der Waals surface area contributed by atoms with E-state index < -0.39 is 4.92 Å². The zero-order valence-electron chi connectivity index (χ0n) is 8.90. The predicted molar refractivity (Wildman–Crippen MR) is 63.2 cm³/mol. The fraction of sp³-hybridized carbons (Fsp3) is 0.273. The highest BCUT2D eigenvalue weighted by molar-refractivity contribution is 6.19. The van der Waals surface area contributed by atoms with Gasteiger partial charge in [0.25, 0.3) is 5.69 Å². The van der Waals surface area contributed by atoms with Crippen molar-refractivity contribution in [2.24, 2.45) is 0 Å². The van der Waals surface area contributed by atoms with Crippen LogP contribution in [-0.2, 0) is 0 Å². The molecule has 86 valence electrons. The van der Waals surface area contributed by atoms with Gasteiger partial charge in [-0.2, -0.15) is 0 Å². The van der Waals surface area contributed by atoms with Crippen LogP contribution in [0.3, 0.4) is 0 Å². The highest BCUT2D eigenvalue weighted by Gasteiger charge is 2.13. The molecule has 1 aromatic rings. The lowest BCUT2D eigenvalue weighted by Crippen LogP contribution is -2.03. The number of halogens is 1. The summed E-state index contributed by atoms with van der Waals surface area (Å²) in [5.74, 6) is 0.800. The molecule has 0 unspecified atom stereocenters. The van der Waals surface area contributed by atoms with Gasteiger partial charge >= 0.3 is 0 Å². The van der Waals surface area contributed by atoms with Crippen LogP contribution >= 0.6 is 11.6 Å². The first-order chi connectivity index (χ1) is 7.56. The monoisotopic (exact) mass is 241 g/mol. The van der Waals surface area contributed by atoms with Gasteiger partial charge in [-0.3, -0.25) is 10.1 Å². The average Bonchev–Trinajstić information content (AvgIpc) is 2.26. The smallest absolute Gasteiger partial charge is 0.276 e. The van der Waals surface area contributed by atoms with Crippen molar-refractivity contribution in [3.8, 4) is 5.75 Å². The van der Waals surface area contributed by atoms with Crippen LogP contribution in [0.25, 0.3) is 0 Å². The number of nitrogens with zero attached hydrogens (tertiary/aromatic N) is 1. The second-order valence-corrected chi connectivity index (χ2v) is 3.60. The minimum absolute atomic E-state index is 0.0500. The van der Waals surface area contributed by atoms with E-state index in [1.165, 1.54) is 6.07 Å². The second kappa shape index (κ2) is 5.51. The van der Waals surface area contributed by atoms with Crippen molar-refractivity contribution in [3.05, 3.63) is 46.0 Å². The molecule has 0 aromatic heterocycles. The Morgan fingerprint density at radius 2 is 2.31 bits per heavy atom. The summed E-state index contributed by atoms with van der Waals surface area (Å²) in [6.07, 6.45) is 0. The highest BCUT2D eigenvalue weighted by atomic mass is 35.5. The molecule has 1 aromatic carbocycles. The molecule has 5 heteroatoms. The molecule has 16 heavy (non-hydrogen) atoms. The molecule has 0 saturated carbocycles. The van der Waals surface area contributed by atoms with E-state index in [1.54, 1.807) is 19.1 Å². The van der Waals surface area contributed by atoms with Crippen molar-refractivity contribution in [1.82, 2.24) is 0 Å². The first-order valence-electron chi connectivity index (χ1n) is 4.65. The Balaban J connectivity index is 2.85. The Morgan fingerprint density at radius 3 is 2.88 bits per heavy atom. The fourth-order valence-electron chi connectivity index (χ4n) is 1.18. The lowest BCUT2D eigenvalue weighted by molar-refractivity contribution is -0.385.